The largest absolute Gasteiger partial charge is 0.465 e. The molecular formula is C11H19NO2. The first-order valence-electron chi connectivity index (χ1n) is 5.31. The van der Waals surface area contributed by atoms with Gasteiger partial charge in [0.05, 0.1) is 6.61 Å². The number of rotatable bonds is 4. The molecule has 3 nitrogen and oxygen atoms in total. The summed E-state index contributed by atoms with van der Waals surface area (Å²) in [6.07, 6.45) is 6.13. The van der Waals surface area contributed by atoms with E-state index in [2.05, 4.69) is 11.0 Å². The van der Waals surface area contributed by atoms with Crippen LogP contribution in [0.1, 0.15) is 26.7 Å². The summed E-state index contributed by atoms with van der Waals surface area (Å²) in [7, 11) is 0. The van der Waals surface area contributed by atoms with Crippen LogP contribution in [0, 0.1) is 0 Å². The van der Waals surface area contributed by atoms with Crippen LogP contribution in [0.25, 0.3) is 0 Å². The van der Waals surface area contributed by atoms with Crippen molar-refractivity contribution in [2.45, 2.75) is 32.7 Å². The molecular weight excluding hydrogens is 178 g/mol. The first kappa shape index (κ1) is 11.2. The van der Waals surface area contributed by atoms with Crippen molar-refractivity contribution in [2.24, 2.45) is 0 Å². The Hall–Kier alpha value is -0.830. The summed E-state index contributed by atoms with van der Waals surface area (Å²) in [6, 6.07) is -0.00819. The molecule has 1 atom stereocenters. The molecule has 1 aliphatic heterocycles. The van der Waals surface area contributed by atoms with Gasteiger partial charge in [0.15, 0.2) is 0 Å². The Bertz CT molecular complexity index is 213. The van der Waals surface area contributed by atoms with Crippen molar-refractivity contribution in [1.29, 1.82) is 0 Å². The SMILES string of the molecule is CC=CCN1CCCC1C(=O)OCC. The third-order valence-corrected chi connectivity index (χ3v) is 2.50. The average molecular weight is 197 g/mol. The zero-order valence-electron chi connectivity index (χ0n) is 9.03. The molecule has 1 fully saturated rings. The Morgan fingerprint density at radius 3 is 3.07 bits per heavy atom. The molecule has 1 rings (SSSR count). The van der Waals surface area contributed by atoms with E-state index >= 15 is 0 Å². The Kier molecular flexibility index (Phi) is 4.66. The van der Waals surface area contributed by atoms with E-state index in [0.29, 0.717) is 6.61 Å². The number of carbonyl (C=O) groups is 1. The van der Waals surface area contributed by atoms with Gasteiger partial charge in [-0.15, -0.1) is 0 Å². The molecule has 0 amide bonds. The van der Waals surface area contributed by atoms with Gasteiger partial charge in [-0.1, -0.05) is 12.2 Å². The highest BCUT2D eigenvalue weighted by atomic mass is 16.5. The van der Waals surface area contributed by atoms with Crippen molar-refractivity contribution in [1.82, 2.24) is 4.90 Å². The van der Waals surface area contributed by atoms with Gasteiger partial charge in [-0.3, -0.25) is 9.69 Å². The molecule has 14 heavy (non-hydrogen) atoms. The third-order valence-electron chi connectivity index (χ3n) is 2.50. The second kappa shape index (κ2) is 5.81. The van der Waals surface area contributed by atoms with Gasteiger partial charge >= 0.3 is 5.97 Å². The predicted molar refractivity (Wildman–Crippen MR) is 56.0 cm³/mol. The van der Waals surface area contributed by atoms with Crippen molar-refractivity contribution in [3.63, 3.8) is 0 Å². The number of carbonyl (C=O) groups excluding carboxylic acids is 1. The summed E-state index contributed by atoms with van der Waals surface area (Å²) < 4.78 is 5.03. The molecule has 0 aromatic carbocycles. The van der Waals surface area contributed by atoms with E-state index in [0.717, 1.165) is 25.9 Å². The quantitative estimate of drug-likeness (QED) is 0.506. The van der Waals surface area contributed by atoms with E-state index in [9.17, 15) is 4.79 Å². The van der Waals surface area contributed by atoms with Crippen molar-refractivity contribution in [3.8, 4) is 0 Å². The highest BCUT2D eigenvalue weighted by Gasteiger charge is 2.30. The molecule has 0 bridgehead atoms. The molecule has 0 radical (unpaired) electrons. The Morgan fingerprint density at radius 1 is 1.64 bits per heavy atom. The standard InChI is InChI=1S/C11H19NO2/c1-3-5-8-12-9-6-7-10(12)11(13)14-4-2/h3,5,10H,4,6-9H2,1-2H3. The number of hydrogen-bond donors (Lipinski definition) is 0. The Labute approximate surface area is 85.7 Å². The molecule has 0 N–H and O–H groups in total. The van der Waals surface area contributed by atoms with Gasteiger partial charge in [0.1, 0.15) is 6.04 Å². The fourth-order valence-electron chi connectivity index (χ4n) is 1.79. The maximum atomic E-state index is 11.5. The summed E-state index contributed by atoms with van der Waals surface area (Å²) in [4.78, 5) is 13.7. The second-order valence-electron chi connectivity index (χ2n) is 3.47. The first-order valence-corrected chi connectivity index (χ1v) is 5.31. The molecule has 1 aliphatic rings. The van der Waals surface area contributed by atoms with Crippen LogP contribution in [0.15, 0.2) is 12.2 Å². The molecule has 80 valence electrons. The summed E-state index contributed by atoms with van der Waals surface area (Å²) in [5, 5.41) is 0. The monoisotopic (exact) mass is 197 g/mol. The van der Waals surface area contributed by atoms with Gasteiger partial charge in [0.2, 0.25) is 0 Å². The van der Waals surface area contributed by atoms with Gasteiger partial charge < -0.3 is 4.74 Å². The van der Waals surface area contributed by atoms with Gasteiger partial charge in [0.25, 0.3) is 0 Å². The molecule has 0 saturated carbocycles. The average Bonchev–Trinajstić information content (AvgIpc) is 2.63. The number of likely N-dealkylation sites (tertiary alicyclic amines) is 1. The number of esters is 1. The minimum absolute atomic E-state index is 0.00819. The highest BCUT2D eigenvalue weighted by Crippen LogP contribution is 2.17. The van der Waals surface area contributed by atoms with Crippen LogP contribution in [0.2, 0.25) is 0 Å². The van der Waals surface area contributed by atoms with Crippen LogP contribution >= 0.6 is 0 Å². The molecule has 1 heterocycles. The van der Waals surface area contributed by atoms with E-state index in [1.165, 1.54) is 0 Å². The topological polar surface area (TPSA) is 29.5 Å². The van der Waals surface area contributed by atoms with Crippen LogP contribution in [0.5, 0.6) is 0 Å². The fourth-order valence-corrected chi connectivity index (χ4v) is 1.79. The lowest BCUT2D eigenvalue weighted by Crippen LogP contribution is -2.37. The summed E-state index contributed by atoms with van der Waals surface area (Å²) in [5.74, 6) is -0.0606. The lowest BCUT2D eigenvalue weighted by molar-refractivity contribution is -0.148. The van der Waals surface area contributed by atoms with Gasteiger partial charge in [0, 0.05) is 6.54 Å². The minimum atomic E-state index is -0.0606. The van der Waals surface area contributed by atoms with E-state index in [1.54, 1.807) is 0 Å². The van der Waals surface area contributed by atoms with Crippen LogP contribution in [0.4, 0.5) is 0 Å². The summed E-state index contributed by atoms with van der Waals surface area (Å²) in [6.45, 7) is 6.19. The Balaban J connectivity index is 2.45. The van der Waals surface area contributed by atoms with Crippen molar-refractivity contribution in [2.75, 3.05) is 19.7 Å². The van der Waals surface area contributed by atoms with Crippen molar-refractivity contribution >= 4 is 5.97 Å². The van der Waals surface area contributed by atoms with E-state index in [1.807, 2.05) is 19.9 Å². The second-order valence-corrected chi connectivity index (χ2v) is 3.47. The van der Waals surface area contributed by atoms with Gasteiger partial charge in [-0.2, -0.15) is 0 Å². The maximum absolute atomic E-state index is 11.5. The third kappa shape index (κ3) is 2.84. The van der Waals surface area contributed by atoms with Crippen LogP contribution < -0.4 is 0 Å². The molecule has 1 unspecified atom stereocenters. The normalized spacial score (nSPS) is 23.1. The van der Waals surface area contributed by atoms with Crippen molar-refractivity contribution in [3.05, 3.63) is 12.2 Å². The van der Waals surface area contributed by atoms with Crippen molar-refractivity contribution < 1.29 is 9.53 Å². The number of hydrogen-bond acceptors (Lipinski definition) is 3. The van der Waals surface area contributed by atoms with Crippen LogP contribution in [-0.4, -0.2) is 36.6 Å². The number of ether oxygens (including phenoxy) is 1. The minimum Gasteiger partial charge on any atom is -0.465 e. The lowest BCUT2D eigenvalue weighted by atomic mass is 10.2. The molecule has 3 heteroatoms. The lowest BCUT2D eigenvalue weighted by Gasteiger charge is -2.20. The zero-order chi connectivity index (χ0) is 10.4. The maximum Gasteiger partial charge on any atom is 0.323 e. The summed E-state index contributed by atoms with van der Waals surface area (Å²) in [5.41, 5.74) is 0. The van der Waals surface area contributed by atoms with E-state index in [-0.39, 0.29) is 12.0 Å². The molecule has 0 aliphatic carbocycles. The first-order chi connectivity index (χ1) is 6.79. The summed E-state index contributed by atoms with van der Waals surface area (Å²) >= 11 is 0. The van der Waals surface area contributed by atoms with Crippen LogP contribution in [-0.2, 0) is 9.53 Å². The van der Waals surface area contributed by atoms with Gasteiger partial charge in [-0.25, -0.2) is 0 Å². The van der Waals surface area contributed by atoms with E-state index in [4.69, 9.17) is 4.74 Å². The smallest absolute Gasteiger partial charge is 0.323 e. The Morgan fingerprint density at radius 2 is 2.43 bits per heavy atom. The zero-order valence-corrected chi connectivity index (χ0v) is 9.03. The van der Waals surface area contributed by atoms with Gasteiger partial charge in [-0.05, 0) is 33.2 Å². The number of nitrogens with zero attached hydrogens (tertiary/aromatic N) is 1. The molecule has 0 aromatic heterocycles. The predicted octanol–water partition coefficient (Wildman–Crippen LogP) is 1.59. The molecule has 0 spiro atoms. The highest BCUT2D eigenvalue weighted by molar-refractivity contribution is 5.76. The molecule has 1 saturated heterocycles. The molecule has 0 aromatic rings. The van der Waals surface area contributed by atoms with Crippen LogP contribution in [0.3, 0.4) is 0 Å². The fraction of sp³-hybridized carbons (Fsp3) is 0.727. The van der Waals surface area contributed by atoms with E-state index < -0.39 is 0 Å². The number of allylic oxidation sites excluding steroid dienone is 1.